The van der Waals surface area contributed by atoms with Gasteiger partial charge in [-0.2, -0.15) is 0 Å². The molecular formula is C16H21N3O3S2. The number of nitrogens with one attached hydrogen (secondary N) is 1. The minimum Gasteiger partial charge on any atom is -0.493 e. The molecule has 1 atom stereocenters. The molecule has 0 radical (unpaired) electrons. The van der Waals surface area contributed by atoms with Gasteiger partial charge in [0, 0.05) is 12.8 Å². The van der Waals surface area contributed by atoms with Crippen molar-refractivity contribution < 1.29 is 14.6 Å². The molecule has 0 amide bonds. The number of aliphatic hydroxyl groups excluding tert-OH is 1. The molecule has 2 aromatic rings. The predicted octanol–water partition coefficient (Wildman–Crippen LogP) is 3.15. The van der Waals surface area contributed by atoms with E-state index in [1.807, 2.05) is 37.3 Å². The summed E-state index contributed by atoms with van der Waals surface area (Å²) in [6, 6.07) is 5.69. The van der Waals surface area contributed by atoms with Crippen molar-refractivity contribution in [3.05, 3.63) is 29.8 Å². The van der Waals surface area contributed by atoms with Crippen molar-refractivity contribution in [2.45, 2.75) is 17.4 Å². The van der Waals surface area contributed by atoms with Gasteiger partial charge >= 0.3 is 0 Å². The lowest BCUT2D eigenvalue weighted by atomic mass is 10.2. The Kier molecular flexibility index (Phi) is 7.36. The summed E-state index contributed by atoms with van der Waals surface area (Å²) in [5.74, 6) is 1.74. The van der Waals surface area contributed by atoms with Crippen LogP contribution < -0.4 is 14.8 Å². The fourth-order valence-corrected chi connectivity index (χ4v) is 3.51. The van der Waals surface area contributed by atoms with Gasteiger partial charge in [-0.3, -0.25) is 0 Å². The molecule has 1 aromatic heterocycles. The van der Waals surface area contributed by atoms with Crippen molar-refractivity contribution >= 4 is 34.3 Å². The molecule has 24 heavy (non-hydrogen) atoms. The maximum atomic E-state index is 10.1. The summed E-state index contributed by atoms with van der Waals surface area (Å²) in [4.78, 5) is 0. The molecule has 0 saturated carbocycles. The quantitative estimate of drug-likeness (QED) is 0.659. The van der Waals surface area contributed by atoms with Crippen LogP contribution >= 0.6 is 23.1 Å². The summed E-state index contributed by atoms with van der Waals surface area (Å²) in [5, 5.41) is 21.7. The Labute approximate surface area is 149 Å². The molecule has 2 rings (SSSR count). The Morgan fingerprint density at radius 2 is 2.21 bits per heavy atom. The first-order chi connectivity index (χ1) is 11.7. The van der Waals surface area contributed by atoms with Crippen LogP contribution in [0.4, 0.5) is 5.13 Å². The number of thioether (sulfide) groups is 1. The van der Waals surface area contributed by atoms with Crippen LogP contribution in [0, 0.1) is 0 Å². The lowest BCUT2D eigenvalue weighted by Crippen LogP contribution is -2.20. The van der Waals surface area contributed by atoms with Gasteiger partial charge < -0.3 is 19.9 Å². The van der Waals surface area contributed by atoms with Gasteiger partial charge in [0.2, 0.25) is 5.13 Å². The number of hydrogen-bond donors (Lipinski definition) is 2. The molecule has 0 saturated heterocycles. The topological polar surface area (TPSA) is 76.5 Å². The molecule has 0 aliphatic carbocycles. The Morgan fingerprint density at radius 3 is 2.88 bits per heavy atom. The Balaban J connectivity index is 1.85. The van der Waals surface area contributed by atoms with Crippen molar-refractivity contribution in [3.8, 4) is 11.5 Å². The number of ether oxygens (including phenoxy) is 2. The summed E-state index contributed by atoms with van der Waals surface area (Å²) in [7, 11) is 3.40. The molecule has 1 aromatic carbocycles. The zero-order valence-electron chi connectivity index (χ0n) is 13.9. The maximum absolute atomic E-state index is 10.1. The van der Waals surface area contributed by atoms with Crippen LogP contribution in [0.25, 0.3) is 6.08 Å². The van der Waals surface area contributed by atoms with Gasteiger partial charge in [-0.15, -0.1) is 10.2 Å². The zero-order valence-corrected chi connectivity index (χ0v) is 15.5. The third-order valence-corrected chi connectivity index (χ3v) is 5.22. The summed E-state index contributed by atoms with van der Waals surface area (Å²) in [6.07, 6.45) is 3.33. The first-order valence-corrected chi connectivity index (χ1v) is 9.22. The van der Waals surface area contributed by atoms with Crippen LogP contribution in [0.5, 0.6) is 11.5 Å². The van der Waals surface area contributed by atoms with Crippen molar-refractivity contribution in [3.63, 3.8) is 0 Å². The lowest BCUT2D eigenvalue weighted by molar-refractivity contribution is 0.124. The number of rotatable bonds is 9. The normalized spacial score (nSPS) is 12.3. The maximum Gasteiger partial charge on any atom is 0.206 e. The van der Waals surface area contributed by atoms with Gasteiger partial charge in [0.1, 0.15) is 6.61 Å². The minimum absolute atomic E-state index is 0.185. The summed E-state index contributed by atoms with van der Waals surface area (Å²) >= 11 is 2.91. The number of allylic oxidation sites excluding steroid dienone is 1. The first-order valence-electron chi connectivity index (χ1n) is 7.42. The smallest absolute Gasteiger partial charge is 0.206 e. The molecular weight excluding hydrogens is 346 g/mol. The van der Waals surface area contributed by atoms with Crippen LogP contribution in [-0.4, -0.2) is 47.9 Å². The van der Waals surface area contributed by atoms with Gasteiger partial charge in [0.15, 0.2) is 15.8 Å². The monoisotopic (exact) mass is 367 g/mol. The van der Waals surface area contributed by atoms with Crippen molar-refractivity contribution in [2.75, 3.05) is 31.8 Å². The molecule has 130 valence electrons. The first kappa shape index (κ1) is 18.6. The molecule has 0 fully saturated rings. The molecule has 2 N–H and O–H groups in total. The highest BCUT2D eigenvalue weighted by Gasteiger charge is 2.11. The molecule has 0 bridgehead atoms. The zero-order chi connectivity index (χ0) is 17.4. The van der Waals surface area contributed by atoms with E-state index < -0.39 is 6.10 Å². The van der Waals surface area contributed by atoms with E-state index in [9.17, 15) is 5.11 Å². The van der Waals surface area contributed by atoms with E-state index in [0.29, 0.717) is 17.3 Å². The van der Waals surface area contributed by atoms with E-state index in [1.54, 1.807) is 14.2 Å². The third kappa shape index (κ3) is 5.40. The average Bonchev–Trinajstić information content (AvgIpc) is 3.07. The third-order valence-electron chi connectivity index (χ3n) is 3.00. The van der Waals surface area contributed by atoms with Gasteiger partial charge in [0.05, 0.1) is 13.2 Å². The standard InChI is InChI=1S/C16H21N3O3S2/c1-4-5-11-6-7-13(14(8-11)21-3)22-9-12(20)10-23-16-19-18-15(17-2)24-16/h4-8,12,20H,9-10H2,1-3H3,(H,17,18)/b5-4+. The van der Waals surface area contributed by atoms with Gasteiger partial charge in [-0.25, -0.2) is 0 Å². The van der Waals surface area contributed by atoms with Crippen molar-refractivity contribution in [1.29, 1.82) is 0 Å². The highest BCUT2D eigenvalue weighted by atomic mass is 32.2. The van der Waals surface area contributed by atoms with E-state index in [4.69, 9.17) is 9.47 Å². The van der Waals surface area contributed by atoms with Crippen molar-refractivity contribution in [1.82, 2.24) is 10.2 Å². The fraction of sp³-hybridized carbons (Fsp3) is 0.375. The second-order valence-electron chi connectivity index (χ2n) is 4.81. The number of methoxy groups -OCH3 is 1. The van der Waals surface area contributed by atoms with Crippen LogP contribution in [-0.2, 0) is 0 Å². The molecule has 1 unspecified atom stereocenters. The Hall–Kier alpha value is -1.77. The van der Waals surface area contributed by atoms with Gasteiger partial charge in [-0.05, 0) is 24.6 Å². The average molecular weight is 367 g/mol. The number of aliphatic hydroxyl groups is 1. The van der Waals surface area contributed by atoms with Crippen LogP contribution in [0.15, 0.2) is 28.6 Å². The fourth-order valence-electron chi connectivity index (χ4n) is 1.87. The second kappa shape index (κ2) is 9.51. The van der Waals surface area contributed by atoms with E-state index in [-0.39, 0.29) is 6.61 Å². The van der Waals surface area contributed by atoms with E-state index >= 15 is 0 Å². The predicted molar refractivity (Wildman–Crippen MR) is 99.4 cm³/mol. The summed E-state index contributed by atoms with van der Waals surface area (Å²) < 4.78 is 11.8. The van der Waals surface area contributed by atoms with E-state index in [2.05, 4.69) is 15.5 Å². The minimum atomic E-state index is -0.614. The highest BCUT2D eigenvalue weighted by molar-refractivity contribution is 8.01. The largest absolute Gasteiger partial charge is 0.493 e. The van der Waals surface area contributed by atoms with Crippen LogP contribution in [0.1, 0.15) is 12.5 Å². The lowest BCUT2D eigenvalue weighted by Gasteiger charge is -2.14. The summed E-state index contributed by atoms with van der Waals surface area (Å²) in [6.45, 7) is 2.15. The second-order valence-corrected chi connectivity index (χ2v) is 7.05. The molecule has 8 heteroatoms. The van der Waals surface area contributed by atoms with E-state index in [1.165, 1.54) is 23.1 Å². The molecule has 6 nitrogen and oxygen atoms in total. The molecule has 0 aliphatic rings. The molecule has 0 spiro atoms. The molecule has 1 heterocycles. The van der Waals surface area contributed by atoms with Crippen LogP contribution in [0.2, 0.25) is 0 Å². The summed E-state index contributed by atoms with van der Waals surface area (Å²) in [5.41, 5.74) is 1.04. The van der Waals surface area contributed by atoms with E-state index in [0.717, 1.165) is 15.0 Å². The number of nitrogens with zero attached hydrogens (tertiary/aromatic N) is 2. The Bertz CT molecular complexity index is 676. The van der Waals surface area contributed by atoms with Gasteiger partial charge in [-0.1, -0.05) is 41.3 Å². The number of anilines is 1. The molecule has 0 aliphatic heterocycles. The van der Waals surface area contributed by atoms with Crippen molar-refractivity contribution in [2.24, 2.45) is 0 Å². The van der Waals surface area contributed by atoms with Gasteiger partial charge in [0.25, 0.3) is 0 Å². The number of hydrogen-bond acceptors (Lipinski definition) is 8. The Morgan fingerprint density at radius 1 is 1.38 bits per heavy atom. The SMILES string of the molecule is C/C=C/c1ccc(OCC(O)CSc2nnc(NC)s2)c(OC)c1. The number of aromatic nitrogens is 2. The number of benzene rings is 1. The van der Waals surface area contributed by atoms with Crippen LogP contribution in [0.3, 0.4) is 0 Å². The highest BCUT2D eigenvalue weighted by Crippen LogP contribution is 2.29.